The van der Waals surface area contributed by atoms with Crippen molar-refractivity contribution in [3.63, 3.8) is 0 Å². The van der Waals surface area contributed by atoms with Crippen molar-refractivity contribution >= 4 is 33.4 Å². The summed E-state index contributed by atoms with van der Waals surface area (Å²) in [5, 5.41) is 0. The summed E-state index contributed by atoms with van der Waals surface area (Å²) < 4.78 is 24.0. The van der Waals surface area contributed by atoms with Crippen molar-refractivity contribution < 1.29 is 28.5 Å². The van der Waals surface area contributed by atoms with Gasteiger partial charge in [0.1, 0.15) is 25.5 Å². The Morgan fingerprint density at radius 3 is 2.53 bits per heavy atom. The van der Waals surface area contributed by atoms with Gasteiger partial charge >= 0.3 is 5.97 Å². The van der Waals surface area contributed by atoms with E-state index < -0.39 is 11.9 Å². The highest BCUT2D eigenvalue weighted by molar-refractivity contribution is 7.16. The minimum Gasteiger partial charge on any atom is -0.486 e. The molecular weight excluding hydrogens is 408 g/mol. The number of esters is 1. The molecule has 4 rings (SSSR count). The van der Waals surface area contributed by atoms with Gasteiger partial charge < -0.3 is 23.5 Å². The molecule has 2 heterocycles. The number of carbonyl (C=O) groups excluding carboxylic acids is 2. The van der Waals surface area contributed by atoms with Gasteiger partial charge in [0.15, 0.2) is 22.9 Å². The average molecular weight is 428 g/mol. The molecule has 0 saturated heterocycles. The zero-order valence-electron chi connectivity index (χ0n) is 16.5. The number of aryl methyl sites for hydroxylation is 1. The largest absolute Gasteiger partial charge is 0.486 e. The maximum Gasteiger partial charge on any atom is 0.325 e. The van der Waals surface area contributed by atoms with Crippen LogP contribution in [-0.4, -0.2) is 43.4 Å². The molecule has 0 N–H and O–H groups in total. The molecule has 9 heteroatoms. The molecule has 3 aromatic rings. The van der Waals surface area contributed by atoms with Gasteiger partial charge in [-0.3, -0.25) is 9.59 Å². The molecule has 8 nitrogen and oxygen atoms in total. The Morgan fingerprint density at radius 2 is 1.83 bits per heavy atom. The molecule has 0 fully saturated rings. The van der Waals surface area contributed by atoms with Crippen molar-refractivity contribution in [1.29, 1.82) is 0 Å². The van der Waals surface area contributed by atoms with Crippen LogP contribution in [0.4, 0.5) is 0 Å². The lowest BCUT2D eigenvalue weighted by Crippen LogP contribution is -2.23. The van der Waals surface area contributed by atoms with E-state index in [2.05, 4.69) is 4.99 Å². The van der Waals surface area contributed by atoms with Gasteiger partial charge in [-0.15, -0.1) is 0 Å². The predicted octanol–water partition coefficient (Wildman–Crippen LogP) is 2.46. The third-order valence-electron chi connectivity index (χ3n) is 4.47. The second-order valence-electron chi connectivity index (χ2n) is 6.62. The van der Waals surface area contributed by atoms with Gasteiger partial charge in [-0.05, 0) is 19.1 Å². The summed E-state index contributed by atoms with van der Waals surface area (Å²) in [5.41, 5.74) is 1.81. The zero-order chi connectivity index (χ0) is 21.1. The maximum absolute atomic E-state index is 12.4. The number of benzene rings is 2. The van der Waals surface area contributed by atoms with Gasteiger partial charge in [-0.25, -0.2) is 0 Å². The van der Waals surface area contributed by atoms with Crippen molar-refractivity contribution in [1.82, 2.24) is 4.57 Å². The summed E-state index contributed by atoms with van der Waals surface area (Å²) >= 11 is 1.28. The first-order valence-corrected chi connectivity index (χ1v) is 10.1. The molecule has 156 valence electrons. The second-order valence-corrected chi connectivity index (χ2v) is 7.63. The van der Waals surface area contributed by atoms with E-state index in [1.165, 1.54) is 18.4 Å². The van der Waals surface area contributed by atoms with Gasteiger partial charge in [0.2, 0.25) is 0 Å². The van der Waals surface area contributed by atoms with Crippen molar-refractivity contribution in [3.8, 4) is 17.2 Å². The fourth-order valence-electron chi connectivity index (χ4n) is 2.96. The van der Waals surface area contributed by atoms with Crippen molar-refractivity contribution in [2.24, 2.45) is 4.99 Å². The first-order valence-electron chi connectivity index (χ1n) is 9.30. The Kier molecular flexibility index (Phi) is 5.71. The minimum atomic E-state index is -0.460. The Hall–Kier alpha value is -3.33. The Morgan fingerprint density at radius 1 is 1.13 bits per heavy atom. The van der Waals surface area contributed by atoms with Crippen LogP contribution in [0.5, 0.6) is 17.2 Å². The number of hydrogen-bond acceptors (Lipinski definition) is 7. The minimum absolute atomic E-state index is 0.0823. The number of ether oxygens (including phenoxy) is 4. The van der Waals surface area contributed by atoms with Crippen LogP contribution in [0.2, 0.25) is 0 Å². The summed E-state index contributed by atoms with van der Waals surface area (Å²) in [6, 6.07) is 11.0. The molecule has 0 spiro atoms. The highest BCUT2D eigenvalue weighted by Gasteiger charge is 2.18. The lowest BCUT2D eigenvalue weighted by molar-refractivity contribution is -0.141. The van der Waals surface area contributed by atoms with E-state index in [0.717, 1.165) is 10.3 Å². The van der Waals surface area contributed by atoms with Crippen molar-refractivity contribution in [3.05, 3.63) is 46.8 Å². The monoisotopic (exact) mass is 428 g/mol. The normalized spacial score (nSPS) is 13.3. The quantitative estimate of drug-likeness (QED) is 0.580. The topological polar surface area (TPSA) is 88.4 Å². The van der Waals surface area contributed by atoms with E-state index in [9.17, 15) is 9.59 Å². The maximum atomic E-state index is 12.4. The van der Waals surface area contributed by atoms with Crippen molar-refractivity contribution in [2.75, 3.05) is 26.9 Å². The third-order valence-corrected chi connectivity index (χ3v) is 5.51. The summed E-state index contributed by atoms with van der Waals surface area (Å²) in [7, 11) is 1.31. The standard InChI is InChI=1S/C21H20N2O6S/c1-13-3-5-14(6-4-13)29-12-19(24)22-21-23(11-20(25)26-2)15-9-16-17(10-18(15)30-21)28-8-7-27-16/h3-6,9-10H,7-8,11-12H2,1-2H3. The summed E-state index contributed by atoms with van der Waals surface area (Å²) in [5.74, 6) is 0.892. The highest BCUT2D eigenvalue weighted by atomic mass is 32.1. The molecule has 0 atom stereocenters. The van der Waals surface area contributed by atoms with Crippen LogP contribution in [0, 0.1) is 6.92 Å². The van der Waals surface area contributed by atoms with E-state index in [-0.39, 0.29) is 13.2 Å². The van der Waals surface area contributed by atoms with Gasteiger partial charge in [0.25, 0.3) is 5.91 Å². The smallest absolute Gasteiger partial charge is 0.325 e. The van der Waals surface area contributed by atoms with E-state index in [4.69, 9.17) is 18.9 Å². The van der Waals surface area contributed by atoms with Gasteiger partial charge in [-0.1, -0.05) is 29.0 Å². The van der Waals surface area contributed by atoms with E-state index in [1.54, 1.807) is 22.8 Å². The molecule has 1 amide bonds. The molecule has 30 heavy (non-hydrogen) atoms. The number of carbonyl (C=O) groups is 2. The first-order chi connectivity index (χ1) is 14.5. The predicted molar refractivity (Wildman–Crippen MR) is 110 cm³/mol. The molecular formula is C21H20N2O6S. The Balaban J connectivity index is 1.66. The number of rotatable bonds is 5. The lowest BCUT2D eigenvalue weighted by Gasteiger charge is -2.18. The second kappa shape index (κ2) is 8.58. The summed E-state index contributed by atoms with van der Waals surface area (Å²) in [6.07, 6.45) is 0. The number of methoxy groups -OCH3 is 1. The van der Waals surface area contributed by atoms with Crippen molar-refractivity contribution in [2.45, 2.75) is 13.5 Å². The van der Waals surface area contributed by atoms with Crippen LogP contribution in [0.3, 0.4) is 0 Å². The fourth-order valence-corrected chi connectivity index (χ4v) is 4.01. The number of amides is 1. The highest BCUT2D eigenvalue weighted by Crippen LogP contribution is 2.35. The van der Waals surface area contributed by atoms with E-state index in [0.29, 0.717) is 40.8 Å². The molecule has 2 aromatic carbocycles. The van der Waals surface area contributed by atoms with Crippen LogP contribution < -0.4 is 19.0 Å². The third kappa shape index (κ3) is 4.30. The first kappa shape index (κ1) is 20.0. The van der Waals surface area contributed by atoms with Gasteiger partial charge in [-0.2, -0.15) is 4.99 Å². The number of nitrogens with zero attached hydrogens (tertiary/aromatic N) is 2. The van der Waals surface area contributed by atoms with Crippen LogP contribution in [0.15, 0.2) is 41.4 Å². The summed E-state index contributed by atoms with van der Waals surface area (Å²) in [4.78, 5) is 28.9. The molecule has 0 unspecified atom stereocenters. The molecule has 0 saturated carbocycles. The SMILES string of the molecule is COC(=O)Cn1c(=NC(=O)COc2ccc(C)cc2)sc2cc3c(cc21)OCCO3. The molecule has 0 bridgehead atoms. The number of aromatic nitrogens is 1. The number of thiazole rings is 1. The molecule has 0 aliphatic carbocycles. The fraction of sp³-hybridized carbons (Fsp3) is 0.286. The Bertz CT molecular complexity index is 1160. The number of hydrogen-bond donors (Lipinski definition) is 0. The van der Waals surface area contributed by atoms with E-state index >= 15 is 0 Å². The Labute approximate surface area is 176 Å². The molecule has 1 aliphatic rings. The molecule has 1 aromatic heterocycles. The molecule has 0 radical (unpaired) electrons. The van der Waals surface area contributed by atoms with Crippen LogP contribution >= 0.6 is 11.3 Å². The number of fused-ring (bicyclic) bond motifs is 2. The summed E-state index contributed by atoms with van der Waals surface area (Å²) in [6.45, 7) is 2.60. The van der Waals surface area contributed by atoms with Crippen LogP contribution in [0.25, 0.3) is 10.2 Å². The average Bonchev–Trinajstić information content (AvgIpc) is 3.07. The van der Waals surface area contributed by atoms with Crippen LogP contribution in [0.1, 0.15) is 5.56 Å². The van der Waals surface area contributed by atoms with Crippen LogP contribution in [-0.2, 0) is 20.9 Å². The lowest BCUT2D eigenvalue weighted by atomic mass is 10.2. The zero-order valence-corrected chi connectivity index (χ0v) is 17.4. The molecule has 1 aliphatic heterocycles. The van der Waals surface area contributed by atoms with E-state index in [1.807, 2.05) is 25.1 Å². The van der Waals surface area contributed by atoms with Gasteiger partial charge in [0, 0.05) is 12.1 Å². The van der Waals surface area contributed by atoms with Gasteiger partial charge in [0.05, 0.1) is 17.3 Å².